The van der Waals surface area contributed by atoms with Crippen LogP contribution in [-0.2, 0) is 0 Å². The Kier molecular flexibility index (Phi) is 6.59. The zero-order valence-electron chi connectivity index (χ0n) is 19.9. The van der Waals surface area contributed by atoms with E-state index in [0.29, 0.717) is 28.8 Å². The summed E-state index contributed by atoms with van der Waals surface area (Å²) in [5.41, 5.74) is 3.50. The summed E-state index contributed by atoms with van der Waals surface area (Å²) in [7, 11) is 0. The molecular weight excluding hydrogens is 429 g/mol. The van der Waals surface area contributed by atoms with Gasteiger partial charge in [-0.1, -0.05) is 31.2 Å². The van der Waals surface area contributed by atoms with Gasteiger partial charge in [0, 0.05) is 12.1 Å². The fraction of sp³-hybridized carbons (Fsp3) is 0.250. The van der Waals surface area contributed by atoms with E-state index < -0.39 is 11.9 Å². The van der Waals surface area contributed by atoms with Crippen LogP contribution in [0.3, 0.4) is 0 Å². The number of halogens is 1. The second kappa shape index (κ2) is 9.59. The van der Waals surface area contributed by atoms with Crippen molar-refractivity contribution in [3.63, 3.8) is 0 Å². The maximum atomic E-state index is 13.8. The topological polar surface area (TPSA) is 55.2 Å². The molecule has 0 spiro atoms. The van der Waals surface area contributed by atoms with Gasteiger partial charge in [-0.05, 0) is 80.8 Å². The lowest BCUT2D eigenvalue weighted by atomic mass is 10.1. The van der Waals surface area contributed by atoms with Crippen LogP contribution in [0.5, 0.6) is 0 Å². The summed E-state index contributed by atoms with van der Waals surface area (Å²) in [5.74, 6) is -0.141. The molecule has 1 unspecified atom stereocenters. The van der Waals surface area contributed by atoms with Gasteiger partial charge in [0.15, 0.2) is 0 Å². The lowest BCUT2D eigenvalue weighted by Gasteiger charge is -2.30. The molecule has 4 aromatic rings. The highest BCUT2D eigenvalue weighted by atomic mass is 19.1. The first-order valence-corrected chi connectivity index (χ1v) is 11.5. The molecule has 0 fully saturated rings. The Morgan fingerprint density at radius 1 is 1.06 bits per heavy atom. The van der Waals surface area contributed by atoms with Gasteiger partial charge in [-0.2, -0.15) is 0 Å². The summed E-state index contributed by atoms with van der Waals surface area (Å²) >= 11 is 0. The van der Waals surface area contributed by atoms with E-state index in [-0.39, 0.29) is 11.5 Å². The quantitative estimate of drug-likeness (QED) is 0.370. The van der Waals surface area contributed by atoms with Gasteiger partial charge in [-0.25, -0.2) is 9.37 Å². The molecule has 0 saturated carbocycles. The van der Waals surface area contributed by atoms with Crippen LogP contribution in [0.4, 0.5) is 4.39 Å². The minimum atomic E-state index is -0.505. The monoisotopic (exact) mass is 457 g/mol. The van der Waals surface area contributed by atoms with E-state index >= 15 is 0 Å². The number of nitrogens with zero attached hydrogens (tertiary/aromatic N) is 3. The summed E-state index contributed by atoms with van der Waals surface area (Å²) in [6, 6.07) is 18.2. The molecule has 1 atom stereocenters. The lowest BCUT2D eigenvalue weighted by Crippen LogP contribution is -2.38. The number of aryl methyl sites for hydroxylation is 2. The molecule has 0 bridgehead atoms. The Hall–Kier alpha value is -3.80. The van der Waals surface area contributed by atoms with E-state index in [1.54, 1.807) is 15.5 Å². The third-order valence-corrected chi connectivity index (χ3v) is 6.06. The molecular formula is C28H28FN3O2. The van der Waals surface area contributed by atoms with Crippen LogP contribution in [-0.4, -0.2) is 26.9 Å². The van der Waals surface area contributed by atoms with Crippen LogP contribution in [0.15, 0.2) is 71.5 Å². The highest BCUT2D eigenvalue weighted by molar-refractivity contribution is 5.94. The number of hydrogen-bond donors (Lipinski definition) is 0. The van der Waals surface area contributed by atoms with Crippen LogP contribution in [0.1, 0.15) is 53.6 Å². The molecule has 3 aromatic carbocycles. The number of hydrogen-bond acceptors (Lipinski definition) is 3. The SMILES string of the molecule is CCCN(C(=O)c1ccc(F)cc1)C(C)c1nc2ccccc2c(=O)n1-c1cc(C)ccc1C. The number of carbonyl (C=O) groups excluding carboxylic acids is 1. The number of rotatable bonds is 6. The van der Waals surface area contributed by atoms with Gasteiger partial charge >= 0.3 is 0 Å². The molecule has 0 aliphatic heterocycles. The van der Waals surface area contributed by atoms with Crippen molar-refractivity contribution in [1.29, 1.82) is 0 Å². The van der Waals surface area contributed by atoms with Gasteiger partial charge in [-0.3, -0.25) is 14.2 Å². The molecule has 5 nitrogen and oxygen atoms in total. The minimum Gasteiger partial charge on any atom is -0.329 e. The van der Waals surface area contributed by atoms with E-state index in [9.17, 15) is 14.0 Å². The van der Waals surface area contributed by atoms with Crippen molar-refractivity contribution >= 4 is 16.8 Å². The Bertz CT molecular complexity index is 1410. The number of para-hydroxylation sites is 1. The molecule has 0 aliphatic carbocycles. The van der Waals surface area contributed by atoms with Gasteiger partial charge in [0.25, 0.3) is 11.5 Å². The molecule has 0 saturated heterocycles. The number of carbonyl (C=O) groups is 1. The minimum absolute atomic E-state index is 0.174. The van der Waals surface area contributed by atoms with Crippen LogP contribution in [0, 0.1) is 19.7 Å². The highest BCUT2D eigenvalue weighted by Gasteiger charge is 2.27. The van der Waals surface area contributed by atoms with E-state index in [1.165, 1.54) is 24.3 Å². The van der Waals surface area contributed by atoms with Crippen molar-refractivity contribution < 1.29 is 9.18 Å². The third kappa shape index (κ3) is 4.36. The van der Waals surface area contributed by atoms with Gasteiger partial charge in [0.1, 0.15) is 11.6 Å². The molecule has 34 heavy (non-hydrogen) atoms. The van der Waals surface area contributed by atoms with Crippen molar-refractivity contribution in [2.24, 2.45) is 0 Å². The smallest absolute Gasteiger partial charge is 0.266 e. The molecule has 0 aliphatic rings. The number of amides is 1. The molecule has 6 heteroatoms. The van der Waals surface area contributed by atoms with Crippen molar-refractivity contribution in [2.45, 2.75) is 40.2 Å². The molecule has 0 radical (unpaired) electrons. The summed E-state index contributed by atoms with van der Waals surface area (Å²) < 4.78 is 15.1. The third-order valence-electron chi connectivity index (χ3n) is 6.06. The fourth-order valence-corrected chi connectivity index (χ4v) is 4.23. The summed E-state index contributed by atoms with van der Waals surface area (Å²) in [6.45, 7) is 8.27. The summed E-state index contributed by atoms with van der Waals surface area (Å²) in [4.78, 5) is 33.8. The fourth-order valence-electron chi connectivity index (χ4n) is 4.23. The van der Waals surface area contributed by atoms with Gasteiger partial charge in [-0.15, -0.1) is 0 Å². The van der Waals surface area contributed by atoms with Crippen LogP contribution in [0.25, 0.3) is 16.6 Å². The first kappa shape index (κ1) is 23.4. The van der Waals surface area contributed by atoms with Crippen molar-refractivity contribution in [3.8, 4) is 5.69 Å². The average Bonchev–Trinajstić information content (AvgIpc) is 2.84. The van der Waals surface area contributed by atoms with Crippen LogP contribution >= 0.6 is 0 Å². The summed E-state index contributed by atoms with van der Waals surface area (Å²) in [6.07, 6.45) is 0.721. The maximum Gasteiger partial charge on any atom is 0.266 e. The predicted octanol–water partition coefficient (Wildman–Crippen LogP) is 5.76. The van der Waals surface area contributed by atoms with Gasteiger partial charge < -0.3 is 4.90 Å². The number of fused-ring (bicyclic) bond motifs is 1. The van der Waals surface area contributed by atoms with E-state index in [2.05, 4.69) is 0 Å². The Morgan fingerprint density at radius 2 is 1.76 bits per heavy atom. The van der Waals surface area contributed by atoms with Gasteiger partial charge in [0.2, 0.25) is 0 Å². The largest absolute Gasteiger partial charge is 0.329 e. The van der Waals surface area contributed by atoms with E-state index in [1.807, 2.05) is 64.1 Å². The number of benzene rings is 3. The average molecular weight is 458 g/mol. The van der Waals surface area contributed by atoms with Crippen molar-refractivity contribution in [1.82, 2.24) is 14.5 Å². The first-order chi connectivity index (χ1) is 16.3. The van der Waals surface area contributed by atoms with Crippen LogP contribution < -0.4 is 5.56 Å². The second-order valence-electron chi connectivity index (χ2n) is 8.60. The molecule has 1 aromatic heterocycles. The number of aromatic nitrogens is 2. The van der Waals surface area contributed by atoms with E-state index in [4.69, 9.17) is 4.98 Å². The molecule has 174 valence electrons. The van der Waals surface area contributed by atoms with Crippen LogP contribution in [0.2, 0.25) is 0 Å². The van der Waals surface area contributed by atoms with E-state index in [0.717, 1.165) is 23.2 Å². The van der Waals surface area contributed by atoms with Crippen molar-refractivity contribution in [2.75, 3.05) is 6.54 Å². The first-order valence-electron chi connectivity index (χ1n) is 11.5. The lowest BCUT2D eigenvalue weighted by molar-refractivity contribution is 0.0681. The zero-order chi connectivity index (χ0) is 24.4. The zero-order valence-corrected chi connectivity index (χ0v) is 19.9. The molecule has 1 heterocycles. The highest BCUT2D eigenvalue weighted by Crippen LogP contribution is 2.26. The second-order valence-corrected chi connectivity index (χ2v) is 8.60. The molecule has 1 amide bonds. The van der Waals surface area contributed by atoms with Gasteiger partial charge in [0.05, 0.1) is 22.6 Å². The normalized spacial score (nSPS) is 12.0. The Morgan fingerprint density at radius 3 is 2.47 bits per heavy atom. The predicted molar refractivity (Wildman–Crippen MR) is 133 cm³/mol. The molecule has 0 N–H and O–H groups in total. The standard InChI is InChI=1S/C28H28FN3O2/c1-5-16-31(27(33)21-12-14-22(29)15-13-21)20(4)26-30-24-9-7-6-8-23(24)28(34)32(26)25-17-18(2)10-11-19(25)3/h6-15,17,20H,5,16H2,1-4H3. The maximum absolute atomic E-state index is 13.8. The molecule has 4 rings (SSSR count). The Labute approximate surface area is 198 Å². The van der Waals surface area contributed by atoms with Crippen molar-refractivity contribution in [3.05, 3.63) is 105 Å². The Balaban J connectivity index is 1.94. The summed E-state index contributed by atoms with van der Waals surface area (Å²) in [5, 5.41) is 0.520.